The Labute approximate surface area is 237 Å². The lowest BCUT2D eigenvalue weighted by Gasteiger charge is -2.50. The maximum atomic E-state index is 13.4. The number of carbonyl (C=O) groups excluding carboxylic acids is 4. The quantitative estimate of drug-likeness (QED) is 0.0788. The van der Waals surface area contributed by atoms with Crippen LogP contribution in [0.25, 0.3) is 5.57 Å². The molecule has 4 aliphatic heterocycles. The molecule has 2 fully saturated rings. The van der Waals surface area contributed by atoms with Crippen LogP contribution in [0.1, 0.15) is 31.7 Å². The molecule has 0 radical (unpaired) electrons. The highest BCUT2D eigenvalue weighted by atomic mass is 32.2. The first-order valence-electron chi connectivity index (χ1n) is 12.6. The number of oxime groups is 1. The van der Waals surface area contributed by atoms with Crippen LogP contribution in [0.5, 0.6) is 5.75 Å². The van der Waals surface area contributed by atoms with E-state index in [0.717, 1.165) is 11.8 Å². The largest absolute Gasteiger partial charge is 0.508 e. The molecular weight excluding hydrogens is 556 g/mol. The molecule has 214 valence electrons. The van der Waals surface area contributed by atoms with Gasteiger partial charge in [-0.1, -0.05) is 29.1 Å². The molecule has 1 aromatic carbocycles. The second kappa shape index (κ2) is 11.1. The minimum absolute atomic E-state index is 0.00204. The zero-order valence-electron chi connectivity index (χ0n) is 21.7. The molecule has 2 saturated heterocycles. The van der Waals surface area contributed by atoms with Gasteiger partial charge < -0.3 is 31.4 Å². The van der Waals surface area contributed by atoms with Crippen molar-refractivity contribution in [1.29, 1.82) is 0 Å². The lowest BCUT2D eigenvalue weighted by Crippen LogP contribution is -2.72. The summed E-state index contributed by atoms with van der Waals surface area (Å²) in [6, 6.07) is 4.29. The smallest absolute Gasteiger partial charge is 0.352 e. The summed E-state index contributed by atoms with van der Waals surface area (Å²) in [5.41, 5.74) is 6.61. The van der Waals surface area contributed by atoms with E-state index in [1.807, 2.05) is 0 Å². The van der Waals surface area contributed by atoms with Gasteiger partial charge in [-0.2, -0.15) is 0 Å². The fourth-order valence-corrected chi connectivity index (χ4v) is 5.93. The van der Waals surface area contributed by atoms with Crippen molar-refractivity contribution >= 4 is 52.8 Å². The number of rotatable bonds is 5. The maximum absolute atomic E-state index is 13.4. The van der Waals surface area contributed by atoms with Gasteiger partial charge in [-0.25, -0.2) is 9.59 Å². The third-order valence-corrected chi connectivity index (χ3v) is 7.83. The average molecular weight is 583 g/mol. The number of carbonyl (C=O) groups is 5. The summed E-state index contributed by atoms with van der Waals surface area (Å²) >= 11 is 1.19. The van der Waals surface area contributed by atoms with E-state index in [1.54, 1.807) is 17.5 Å². The number of amides is 3. The van der Waals surface area contributed by atoms with Gasteiger partial charge in [-0.15, -0.1) is 0 Å². The van der Waals surface area contributed by atoms with E-state index in [2.05, 4.69) is 20.6 Å². The van der Waals surface area contributed by atoms with Crippen LogP contribution in [0, 0.1) is 0 Å². The number of nitrogens with one attached hydrogen (secondary N) is 2. The van der Waals surface area contributed by atoms with Crippen molar-refractivity contribution in [3.63, 3.8) is 0 Å². The number of aromatic hydroxyl groups is 1. The molecule has 1 unspecified atom stereocenters. The van der Waals surface area contributed by atoms with E-state index < -0.39 is 41.3 Å². The van der Waals surface area contributed by atoms with Gasteiger partial charge in [-0.05, 0) is 53.5 Å². The van der Waals surface area contributed by atoms with E-state index >= 15 is 0 Å². The lowest BCUT2D eigenvalue weighted by atomic mass is 9.78. The minimum Gasteiger partial charge on any atom is -0.508 e. The molecule has 0 aliphatic carbocycles. The molecule has 0 saturated carbocycles. The first-order valence-corrected chi connectivity index (χ1v) is 13.6. The molecular formula is C26H26N6O8S. The topological polar surface area (TPSA) is 204 Å². The standard InChI is InChI=1S/C26H26N6O8S/c1-12(33)40-30-21(31-10-11-41-26(31)27)23(36)29-19-17-7-6-15(20(25(38)39)32(17)24(19)37)18(16-8-9-28-22(16)35)13-2-4-14(34)5-3-13/h2-5,10-11,17,19,26,34H,6-9,27H2,1H3,(H,28,35)(H,29,36)(H,38,39)/t17-,19+,26?/m1/s1. The van der Waals surface area contributed by atoms with Crippen molar-refractivity contribution in [1.82, 2.24) is 20.4 Å². The summed E-state index contributed by atoms with van der Waals surface area (Å²) in [4.78, 5) is 70.2. The highest BCUT2D eigenvalue weighted by Crippen LogP contribution is 2.44. The Balaban J connectivity index is 1.47. The summed E-state index contributed by atoms with van der Waals surface area (Å²) in [5, 5.41) is 30.6. The van der Waals surface area contributed by atoms with Crippen LogP contribution in [-0.2, 0) is 28.8 Å². The summed E-state index contributed by atoms with van der Waals surface area (Å²) in [6.07, 6.45) is 2.31. The third kappa shape index (κ3) is 5.16. The first kappa shape index (κ1) is 27.9. The van der Waals surface area contributed by atoms with Crippen molar-refractivity contribution in [2.75, 3.05) is 6.54 Å². The van der Waals surface area contributed by atoms with Crippen LogP contribution in [0.15, 0.2) is 57.9 Å². The Hall–Kier alpha value is -4.63. The van der Waals surface area contributed by atoms with Crippen LogP contribution >= 0.6 is 11.8 Å². The SMILES string of the molecule is CC(=O)ON=C(C(=O)N[C@@H]1C(=O)N2C(C(=O)O)=C(C(=C3CCNC3=O)c3ccc(O)cc3)CC[C@H]12)N1C=CSC1N. The maximum Gasteiger partial charge on any atom is 0.352 e. The van der Waals surface area contributed by atoms with Crippen LogP contribution < -0.4 is 16.4 Å². The molecule has 0 aromatic heterocycles. The molecule has 4 aliphatic rings. The first-order chi connectivity index (χ1) is 19.6. The van der Waals surface area contributed by atoms with Gasteiger partial charge in [-0.3, -0.25) is 24.2 Å². The molecule has 3 atom stereocenters. The molecule has 3 amide bonds. The number of carboxylic acid groups (broad SMARTS) is 1. The van der Waals surface area contributed by atoms with Crippen LogP contribution in [-0.4, -0.2) is 79.6 Å². The predicted octanol–water partition coefficient (Wildman–Crippen LogP) is 0.133. The summed E-state index contributed by atoms with van der Waals surface area (Å²) in [6.45, 7) is 1.49. The predicted molar refractivity (Wildman–Crippen MR) is 145 cm³/mol. The number of aliphatic carboxylic acids is 1. The summed E-state index contributed by atoms with van der Waals surface area (Å²) in [7, 11) is 0. The van der Waals surface area contributed by atoms with Gasteiger partial charge in [0.15, 0.2) is 0 Å². The number of phenols is 1. The van der Waals surface area contributed by atoms with Gasteiger partial charge in [0, 0.05) is 25.2 Å². The average Bonchev–Trinajstić information content (AvgIpc) is 3.55. The fraction of sp³-hybridized carbons (Fsp3) is 0.308. The normalized spacial score (nSPS) is 25.0. The third-order valence-electron chi connectivity index (χ3n) is 7.04. The Morgan fingerprint density at radius 2 is 1.93 bits per heavy atom. The number of allylic oxidation sites excluding steroid dienone is 2. The van der Waals surface area contributed by atoms with Gasteiger partial charge >= 0.3 is 11.9 Å². The van der Waals surface area contributed by atoms with E-state index in [1.165, 1.54) is 35.0 Å². The zero-order valence-corrected chi connectivity index (χ0v) is 22.5. The monoisotopic (exact) mass is 582 g/mol. The Morgan fingerprint density at radius 1 is 1.20 bits per heavy atom. The Morgan fingerprint density at radius 3 is 2.51 bits per heavy atom. The van der Waals surface area contributed by atoms with Gasteiger partial charge in [0.2, 0.25) is 11.7 Å². The number of fused-ring (bicyclic) bond motifs is 1. The number of thioether (sulfide) groups is 1. The van der Waals surface area contributed by atoms with Crippen LogP contribution in [0.3, 0.4) is 0 Å². The van der Waals surface area contributed by atoms with Crippen molar-refractivity contribution in [2.24, 2.45) is 10.9 Å². The number of hydrogen-bond acceptors (Lipinski definition) is 10. The van der Waals surface area contributed by atoms with Gasteiger partial charge in [0.1, 0.15) is 23.0 Å². The Kier molecular flexibility index (Phi) is 7.55. The number of benzene rings is 1. The molecule has 1 aromatic rings. The molecule has 0 bridgehead atoms. The molecule has 0 spiro atoms. The number of phenolic OH excluding ortho intramolecular Hbond substituents is 1. The number of hydrogen-bond donors (Lipinski definition) is 5. The Bertz CT molecular complexity index is 1470. The number of carboxylic acids is 1. The van der Waals surface area contributed by atoms with Crippen molar-refractivity contribution in [3.8, 4) is 5.75 Å². The second-order valence-electron chi connectivity index (χ2n) is 9.52. The molecule has 41 heavy (non-hydrogen) atoms. The van der Waals surface area contributed by atoms with Crippen molar-refractivity contribution in [2.45, 2.75) is 43.8 Å². The lowest BCUT2D eigenvalue weighted by molar-refractivity contribution is -0.155. The zero-order chi connectivity index (χ0) is 29.4. The highest BCUT2D eigenvalue weighted by Gasteiger charge is 2.54. The van der Waals surface area contributed by atoms with E-state index in [0.29, 0.717) is 35.2 Å². The van der Waals surface area contributed by atoms with E-state index in [-0.39, 0.29) is 36.0 Å². The minimum atomic E-state index is -1.36. The van der Waals surface area contributed by atoms with Crippen LogP contribution in [0.4, 0.5) is 0 Å². The van der Waals surface area contributed by atoms with Crippen LogP contribution in [0.2, 0.25) is 0 Å². The van der Waals surface area contributed by atoms with E-state index in [9.17, 15) is 34.2 Å². The number of nitrogens with zero attached hydrogens (tertiary/aromatic N) is 3. The number of β-lactam (4-membered cyclic amide) rings is 1. The second-order valence-corrected chi connectivity index (χ2v) is 10.5. The number of nitrogens with two attached hydrogens (primary N) is 1. The molecule has 5 rings (SSSR count). The van der Waals surface area contributed by atoms with Gasteiger partial charge in [0.25, 0.3) is 11.8 Å². The summed E-state index contributed by atoms with van der Waals surface area (Å²) < 4.78 is 0. The highest BCUT2D eigenvalue weighted by molar-refractivity contribution is 8.02. The molecule has 6 N–H and O–H groups in total. The fourth-order valence-electron chi connectivity index (χ4n) is 5.27. The van der Waals surface area contributed by atoms with Gasteiger partial charge in [0.05, 0.1) is 6.04 Å². The number of amidine groups is 1. The molecule has 4 heterocycles. The molecule has 15 heteroatoms. The van der Waals surface area contributed by atoms with E-state index in [4.69, 9.17) is 5.73 Å². The summed E-state index contributed by atoms with van der Waals surface area (Å²) in [5.74, 6) is -4.31. The van der Waals surface area contributed by atoms with Crippen molar-refractivity contribution in [3.05, 3.63) is 58.3 Å². The molecule has 14 nitrogen and oxygen atoms in total. The van der Waals surface area contributed by atoms with Crippen molar-refractivity contribution < 1.29 is 39.0 Å².